The third kappa shape index (κ3) is 1.92. The molecule has 3 heteroatoms. The van der Waals surface area contributed by atoms with E-state index >= 15 is 0 Å². The summed E-state index contributed by atoms with van der Waals surface area (Å²) < 4.78 is 0. The Bertz CT molecular complexity index is 110. The van der Waals surface area contributed by atoms with Crippen LogP contribution in [0.5, 0.6) is 0 Å². The molecule has 58 valence electrons. The van der Waals surface area contributed by atoms with Crippen LogP contribution in [0, 0.1) is 0 Å². The first-order chi connectivity index (χ1) is 4.84. The summed E-state index contributed by atoms with van der Waals surface area (Å²) in [6.45, 7) is 2.34. The van der Waals surface area contributed by atoms with E-state index in [0.717, 1.165) is 0 Å². The molecule has 0 atom stereocenters. The summed E-state index contributed by atoms with van der Waals surface area (Å²) in [4.78, 5) is 0. The fraction of sp³-hybridized carbons (Fsp3) is 0.857. The molecule has 0 N–H and O–H groups in total. The van der Waals surface area contributed by atoms with Gasteiger partial charge in [0.2, 0.25) is 0 Å². The number of hydrazine groups is 1. The molecule has 1 aliphatic rings. The molecule has 1 rings (SSSR count). The lowest BCUT2D eigenvalue weighted by atomic mass is 10.2. The summed E-state index contributed by atoms with van der Waals surface area (Å²) in [5.41, 5.74) is 1.70. The predicted molar refractivity (Wildman–Crippen MR) is 46.8 cm³/mol. The van der Waals surface area contributed by atoms with Gasteiger partial charge >= 0.3 is 0 Å². The van der Waals surface area contributed by atoms with E-state index in [4.69, 9.17) is 12.2 Å². The molecular weight excluding hydrogens is 144 g/mol. The summed E-state index contributed by atoms with van der Waals surface area (Å²) in [5.74, 6) is 0. The summed E-state index contributed by atoms with van der Waals surface area (Å²) in [6, 6.07) is 0. The highest BCUT2D eigenvalue weighted by atomic mass is 32.1. The first-order valence-electron chi connectivity index (χ1n) is 3.77. The van der Waals surface area contributed by atoms with Crippen molar-refractivity contribution in [3.8, 4) is 0 Å². The minimum absolute atomic E-state index is 1.17. The van der Waals surface area contributed by atoms with Crippen LogP contribution in [0.15, 0.2) is 0 Å². The Labute approximate surface area is 67.8 Å². The fourth-order valence-electron chi connectivity index (χ4n) is 1.26. The van der Waals surface area contributed by atoms with Crippen molar-refractivity contribution in [2.45, 2.75) is 19.3 Å². The maximum atomic E-state index is 4.81. The highest BCUT2D eigenvalue weighted by Gasteiger charge is 2.11. The van der Waals surface area contributed by atoms with Crippen LogP contribution in [-0.4, -0.2) is 35.6 Å². The van der Waals surface area contributed by atoms with Crippen LogP contribution >= 0.6 is 12.2 Å². The minimum Gasteiger partial charge on any atom is -0.305 e. The third-order valence-corrected chi connectivity index (χ3v) is 2.24. The monoisotopic (exact) mass is 158 g/mol. The molecule has 2 nitrogen and oxygen atoms in total. The lowest BCUT2D eigenvalue weighted by Gasteiger charge is -2.32. The Morgan fingerprint density at radius 2 is 1.90 bits per heavy atom. The molecule has 1 fully saturated rings. The van der Waals surface area contributed by atoms with Gasteiger partial charge in [-0.1, -0.05) is 18.6 Å². The second kappa shape index (κ2) is 3.88. The molecule has 0 spiro atoms. The molecule has 1 saturated heterocycles. The van der Waals surface area contributed by atoms with Gasteiger partial charge in [-0.05, 0) is 12.8 Å². The highest BCUT2D eigenvalue weighted by Crippen LogP contribution is 2.08. The zero-order valence-electron chi connectivity index (χ0n) is 6.42. The number of hydrogen-bond acceptors (Lipinski definition) is 2. The van der Waals surface area contributed by atoms with Crippen LogP contribution < -0.4 is 0 Å². The highest BCUT2D eigenvalue weighted by molar-refractivity contribution is 7.78. The molecule has 0 aliphatic carbocycles. The molecule has 1 heterocycles. The van der Waals surface area contributed by atoms with Gasteiger partial charge in [0.15, 0.2) is 0 Å². The molecule has 0 unspecified atom stereocenters. The second-order valence-electron chi connectivity index (χ2n) is 2.69. The van der Waals surface area contributed by atoms with Crippen LogP contribution in [0.4, 0.5) is 0 Å². The SMILES string of the molecule is CN(C=S)N1CCCCC1. The molecular formula is C7H14N2S. The number of hydrogen-bond donors (Lipinski definition) is 0. The molecule has 0 bridgehead atoms. The summed E-state index contributed by atoms with van der Waals surface area (Å²) >= 11 is 4.81. The Hall–Kier alpha value is -0.150. The van der Waals surface area contributed by atoms with E-state index in [-0.39, 0.29) is 0 Å². The van der Waals surface area contributed by atoms with Gasteiger partial charge in [-0.2, -0.15) is 0 Å². The van der Waals surface area contributed by atoms with E-state index in [1.165, 1.54) is 32.4 Å². The topological polar surface area (TPSA) is 6.48 Å². The Kier molecular flexibility index (Phi) is 3.09. The molecule has 0 amide bonds. The average molecular weight is 158 g/mol. The fourth-order valence-corrected chi connectivity index (χ4v) is 1.39. The molecule has 0 aromatic carbocycles. The van der Waals surface area contributed by atoms with Crippen LogP contribution in [-0.2, 0) is 0 Å². The quantitative estimate of drug-likeness (QED) is 0.559. The summed E-state index contributed by atoms with van der Waals surface area (Å²) in [6.07, 6.45) is 4.00. The Morgan fingerprint density at radius 3 is 2.40 bits per heavy atom. The van der Waals surface area contributed by atoms with Gasteiger partial charge in [-0.25, -0.2) is 5.01 Å². The number of thiocarbonyl (C=S) groups is 1. The largest absolute Gasteiger partial charge is 0.305 e. The van der Waals surface area contributed by atoms with Gasteiger partial charge in [0, 0.05) is 20.1 Å². The van der Waals surface area contributed by atoms with Crippen molar-refractivity contribution < 1.29 is 0 Å². The van der Waals surface area contributed by atoms with Crippen molar-refractivity contribution in [3.05, 3.63) is 0 Å². The lowest BCUT2D eigenvalue weighted by molar-refractivity contribution is 0.0550. The normalized spacial score (nSPS) is 20.5. The first-order valence-corrected chi connectivity index (χ1v) is 4.24. The van der Waals surface area contributed by atoms with Gasteiger partial charge in [0.1, 0.15) is 0 Å². The maximum absolute atomic E-state index is 4.81. The van der Waals surface area contributed by atoms with E-state index in [9.17, 15) is 0 Å². The van der Waals surface area contributed by atoms with Crippen molar-refractivity contribution in [3.63, 3.8) is 0 Å². The maximum Gasteiger partial charge on any atom is 0.0786 e. The zero-order valence-corrected chi connectivity index (χ0v) is 7.23. The third-order valence-electron chi connectivity index (χ3n) is 1.93. The molecule has 0 saturated carbocycles. The van der Waals surface area contributed by atoms with Gasteiger partial charge in [-0.3, -0.25) is 0 Å². The number of nitrogens with zero attached hydrogens (tertiary/aromatic N) is 2. The molecule has 10 heavy (non-hydrogen) atoms. The van der Waals surface area contributed by atoms with Crippen LogP contribution in [0.3, 0.4) is 0 Å². The summed E-state index contributed by atoms with van der Waals surface area (Å²) in [5, 5.41) is 4.30. The van der Waals surface area contributed by atoms with Crippen molar-refractivity contribution in [1.29, 1.82) is 0 Å². The first kappa shape index (κ1) is 7.95. The molecule has 1 aliphatic heterocycles. The predicted octanol–water partition coefficient (Wildman–Crippen LogP) is 1.28. The van der Waals surface area contributed by atoms with Crippen molar-refractivity contribution in [1.82, 2.24) is 10.0 Å². The Balaban J connectivity index is 2.30. The smallest absolute Gasteiger partial charge is 0.0786 e. The molecule has 0 radical (unpaired) electrons. The second-order valence-corrected chi connectivity index (χ2v) is 2.90. The molecule has 0 aromatic heterocycles. The van der Waals surface area contributed by atoms with Gasteiger partial charge in [-0.15, -0.1) is 0 Å². The molecule has 0 aromatic rings. The van der Waals surface area contributed by atoms with Crippen molar-refractivity contribution >= 4 is 17.7 Å². The van der Waals surface area contributed by atoms with E-state index in [2.05, 4.69) is 5.01 Å². The van der Waals surface area contributed by atoms with Crippen LogP contribution in [0.1, 0.15) is 19.3 Å². The van der Waals surface area contributed by atoms with Crippen molar-refractivity contribution in [2.24, 2.45) is 0 Å². The van der Waals surface area contributed by atoms with Crippen LogP contribution in [0.2, 0.25) is 0 Å². The van der Waals surface area contributed by atoms with Gasteiger partial charge in [0.25, 0.3) is 0 Å². The van der Waals surface area contributed by atoms with E-state index in [1.807, 2.05) is 12.1 Å². The minimum atomic E-state index is 1.17. The van der Waals surface area contributed by atoms with E-state index in [1.54, 1.807) is 5.49 Å². The number of piperidine rings is 1. The Morgan fingerprint density at radius 1 is 1.30 bits per heavy atom. The average Bonchev–Trinajstić information content (AvgIpc) is 2.05. The van der Waals surface area contributed by atoms with E-state index < -0.39 is 0 Å². The van der Waals surface area contributed by atoms with Gasteiger partial charge in [0.05, 0.1) is 5.49 Å². The summed E-state index contributed by atoms with van der Waals surface area (Å²) in [7, 11) is 2.01. The van der Waals surface area contributed by atoms with Gasteiger partial charge < -0.3 is 5.01 Å². The van der Waals surface area contributed by atoms with E-state index in [0.29, 0.717) is 0 Å². The lowest BCUT2D eigenvalue weighted by Crippen LogP contribution is -2.41. The standard InChI is InChI=1S/C7H14N2S/c1-8(7-10)9-5-3-2-4-6-9/h7H,2-6H2,1H3. The van der Waals surface area contributed by atoms with Crippen LogP contribution in [0.25, 0.3) is 0 Å². The zero-order chi connectivity index (χ0) is 7.40. The number of rotatable bonds is 2. The van der Waals surface area contributed by atoms with Crippen molar-refractivity contribution in [2.75, 3.05) is 20.1 Å².